The van der Waals surface area contributed by atoms with Crippen molar-refractivity contribution in [3.63, 3.8) is 0 Å². The third-order valence-electron chi connectivity index (χ3n) is 0.565. The fraction of sp³-hybridized carbons (Fsp3) is 0.400. The van der Waals surface area contributed by atoms with Gasteiger partial charge < -0.3 is 9.90 Å². The number of aliphatic hydroxyl groups is 1. The van der Waals surface area contributed by atoms with Crippen LogP contribution >= 0.6 is 0 Å². The van der Waals surface area contributed by atoms with E-state index in [1.165, 1.54) is 6.08 Å². The fourth-order valence-corrected chi connectivity index (χ4v) is 0.226. The molecule has 0 aliphatic rings. The zero-order valence-corrected chi connectivity index (χ0v) is 4.00. The smallest absolute Gasteiger partial charge is 0.148 e. The van der Waals surface area contributed by atoms with Gasteiger partial charge in [0.05, 0.1) is 0 Å². The Kier molecular flexibility index (Phi) is 3.24. The van der Waals surface area contributed by atoms with E-state index in [0.717, 1.165) is 0 Å². The first-order chi connectivity index (χ1) is 3.31. The Labute approximate surface area is 42.5 Å². The highest BCUT2D eigenvalue weighted by atomic mass is 16.3. The van der Waals surface area contributed by atoms with Gasteiger partial charge in [-0.25, -0.2) is 0 Å². The number of carbonyl (C=O) groups excluding carboxylic acids is 1. The SMILES string of the molecule is C=CCC(O)C=O. The van der Waals surface area contributed by atoms with Gasteiger partial charge in [-0.2, -0.15) is 0 Å². The fourth-order valence-electron chi connectivity index (χ4n) is 0.226. The molecule has 0 amide bonds. The van der Waals surface area contributed by atoms with Crippen molar-refractivity contribution < 1.29 is 9.90 Å². The van der Waals surface area contributed by atoms with Gasteiger partial charge in [-0.15, -0.1) is 6.58 Å². The average Bonchev–Trinajstić information content (AvgIpc) is 1.68. The molecule has 1 N–H and O–H groups in total. The monoisotopic (exact) mass is 100 g/mol. The van der Waals surface area contributed by atoms with E-state index in [1.54, 1.807) is 0 Å². The van der Waals surface area contributed by atoms with Crippen molar-refractivity contribution >= 4 is 6.29 Å². The number of hydrogen-bond donors (Lipinski definition) is 1. The van der Waals surface area contributed by atoms with Crippen LogP contribution in [0.2, 0.25) is 0 Å². The maximum absolute atomic E-state index is 9.60. The van der Waals surface area contributed by atoms with E-state index in [2.05, 4.69) is 6.58 Å². The molecule has 1 unspecified atom stereocenters. The largest absolute Gasteiger partial charge is 0.385 e. The van der Waals surface area contributed by atoms with Crippen molar-refractivity contribution in [3.8, 4) is 0 Å². The zero-order valence-electron chi connectivity index (χ0n) is 4.00. The second-order valence-corrected chi connectivity index (χ2v) is 1.23. The summed E-state index contributed by atoms with van der Waals surface area (Å²) in [7, 11) is 0. The van der Waals surface area contributed by atoms with E-state index in [0.29, 0.717) is 12.7 Å². The summed E-state index contributed by atoms with van der Waals surface area (Å²) in [4.78, 5) is 9.60. The van der Waals surface area contributed by atoms with Crippen LogP contribution in [0, 0.1) is 0 Å². The van der Waals surface area contributed by atoms with Crippen LogP contribution in [0.5, 0.6) is 0 Å². The van der Waals surface area contributed by atoms with Gasteiger partial charge in [0.15, 0.2) is 0 Å². The van der Waals surface area contributed by atoms with Crippen LogP contribution < -0.4 is 0 Å². The summed E-state index contributed by atoms with van der Waals surface area (Å²) in [6.45, 7) is 3.33. The topological polar surface area (TPSA) is 37.3 Å². The molecular weight excluding hydrogens is 92.1 g/mol. The molecule has 40 valence electrons. The van der Waals surface area contributed by atoms with Crippen LogP contribution in [-0.4, -0.2) is 17.5 Å². The van der Waals surface area contributed by atoms with E-state index in [9.17, 15) is 4.79 Å². The van der Waals surface area contributed by atoms with Gasteiger partial charge in [0.25, 0.3) is 0 Å². The quantitative estimate of drug-likeness (QED) is 0.404. The minimum atomic E-state index is -0.850. The number of carbonyl (C=O) groups is 1. The Morgan fingerprint density at radius 3 is 2.57 bits per heavy atom. The lowest BCUT2D eigenvalue weighted by molar-refractivity contribution is -0.114. The lowest BCUT2D eigenvalue weighted by atomic mass is 10.3. The average molecular weight is 100 g/mol. The van der Waals surface area contributed by atoms with Gasteiger partial charge in [-0.3, -0.25) is 0 Å². The molecule has 0 aliphatic heterocycles. The molecule has 0 radical (unpaired) electrons. The molecule has 0 heterocycles. The molecule has 0 aromatic rings. The van der Waals surface area contributed by atoms with E-state index in [-0.39, 0.29) is 0 Å². The summed E-state index contributed by atoms with van der Waals surface area (Å²) in [5.74, 6) is 0. The van der Waals surface area contributed by atoms with E-state index in [1.807, 2.05) is 0 Å². The molecule has 2 nitrogen and oxygen atoms in total. The second kappa shape index (κ2) is 3.56. The van der Waals surface area contributed by atoms with Crippen LogP contribution in [0.1, 0.15) is 6.42 Å². The maximum Gasteiger partial charge on any atom is 0.148 e. The Morgan fingerprint density at radius 2 is 2.43 bits per heavy atom. The van der Waals surface area contributed by atoms with Crippen molar-refractivity contribution in [2.75, 3.05) is 0 Å². The predicted molar refractivity (Wildman–Crippen MR) is 26.9 cm³/mol. The second-order valence-electron chi connectivity index (χ2n) is 1.23. The van der Waals surface area contributed by atoms with Crippen molar-refractivity contribution in [1.82, 2.24) is 0 Å². The van der Waals surface area contributed by atoms with Crippen molar-refractivity contribution in [1.29, 1.82) is 0 Å². The van der Waals surface area contributed by atoms with Crippen LogP contribution in [-0.2, 0) is 4.79 Å². The van der Waals surface area contributed by atoms with Crippen molar-refractivity contribution in [3.05, 3.63) is 12.7 Å². The molecule has 2 heteroatoms. The van der Waals surface area contributed by atoms with Crippen molar-refractivity contribution in [2.24, 2.45) is 0 Å². The summed E-state index contributed by atoms with van der Waals surface area (Å²) >= 11 is 0. The minimum Gasteiger partial charge on any atom is -0.385 e. The first-order valence-electron chi connectivity index (χ1n) is 2.05. The van der Waals surface area contributed by atoms with Gasteiger partial charge >= 0.3 is 0 Å². The van der Waals surface area contributed by atoms with E-state index in [4.69, 9.17) is 5.11 Å². The highest BCUT2D eigenvalue weighted by Gasteiger charge is 1.93. The zero-order chi connectivity index (χ0) is 5.70. The lowest BCUT2D eigenvalue weighted by Gasteiger charge is -1.91. The Balaban J connectivity index is 3.15. The summed E-state index contributed by atoms with van der Waals surface area (Å²) in [5.41, 5.74) is 0. The highest BCUT2D eigenvalue weighted by molar-refractivity contribution is 5.55. The Bertz CT molecular complexity index is 68.5. The molecule has 0 aromatic heterocycles. The molecule has 0 spiro atoms. The van der Waals surface area contributed by atoms with Crippen LogP contribution in [0.25, 0.3) is 0 Å². The molecule has 0 aromatic carbocycles. The molecule has 0 saturated carbocycles. The summed E-state index contributed by atoms with van der Waals surface area (Å²) in [6, 6.07) is 0. The molecule has 0 saturated heterocycles. The molecule has 0 rings (SSSR count). The first kappa shape index (κ1) is 6.37. The van der Waals surface area contributed by atoms with Crippen LogP contribution in [0.3, 0.4) is 0 Å². The molecular formula is C5H8O2. The summed E-state index contributed by atoms with van der Waals surface area (Å²) < 4.78 is 0. The van der Waals surface area contributed by atoms with Gasteiger partial charge in [0.1, 0.15) is 12.4 Å². The number of hydrogen-bond acceptors (Lipinski definition) is 2. The Morgan fingerprint density at radius 1 is 1.86 bits per heavy atom. The van der Waals surface area contributed by atoms with E-state index < -0.39 is 6.10 Å². The Hall–Kier alpha value is -0.630. The van der Waals surface area contributed by atoms with Gasteiger partial charge in [-0.05, 0) is 6.42 Å². The van der Waals surface area contributed by atoms with Crippen molar-refractivity contribution in [2.45, 2.75) is 12.5 Å². The molecule has 7 heavy (non-hydrogen) atoms. The number of aldehydes is 1. The summed E-state index contributed by atoms with van der Waals surface area (Å²) in [6.07, 6.45) is 1.49. The van der Waals surface area contributed by atoms with Crippen LogP contribution in [0.4, 0.5) is 0 Å². The highest BCUT2D eigenvalue weighted by Crippen LogP contribution is 1.84. The first-order valence-corrected chi connectivity index (χ1v) is 2.05. The molecule has 0 fully saturated rings. The lowest BCUT2D eigenvalue weighted by Crippen LogP contribution is -2.04. The molecule has 0 aliphatic carbocycles. The third-order valence-corrected chi connectivity index (χ3v) is 0.565. The van der Waals surface area contributed by atoms with E-state index >= 15 is 0 Å². The molecule has 1 atom stereocenters. The van der Waals surface area contributed by atoms with Gasteiger partial charge in [0, 0.05) is 0 Å². The third kappa shape index (κ3) is 3.19. The minimum absolute atomic E-state index is 0.351. The molecule has 0 bridgehead atoms. The van der Waals surface area contributed by atoms with Gasteiger partial charge in [0.2, 0.25) is 0 Å². The predicted octanol–water partition coefficient (Wildman–Crippen LogP) is 0.122. The van der Waals surface area contributed by atoms with Crippen LogP contribution in [0.15, 0.2) is 12.7 Å². The standard InChI is InChI=1S/C5H8O2/c1-2-3-5(7)4-6/h2,4-5,7H,1,3H2. The summed E-state index contributed by atoms with van der Waals surface area (Å²) in [5, 5.41) is 8.42. The normalized spacial score (nSPS) is 12.7. The number of aliphatic hydroxyl groups excluding tert-OH is 1. The number of rotatable bonds is 3. The van der Waals surface area contributed by atoms with Gasteiger partial charge in [-0.1, -0.05) is 6.08 Å². The maximum atomic E-state index is 9.60.